The molecule has 16 heavy (non-hydrogen) atoms. The Balaban J connectivity index is 2.33. The summed E-state index contributed by atoms with van der Waals surface area (Å²) in [4.78, 5) is 11.6. The first-order valence-electron chi connectivity index (χ1n) is 6.10. The van der Waals surface area contributed by atoms with E-state index in [-0.39, 0.29) is 12.1 Å². The third-order valence-electron chi connectivity index (χ3n) is 2.84. The van der Waals surface area contributed by atoms with Crippen molar-refractivity contribution in [2.24, 2.45) is 11.7 Å². The average molecular weight is 228 g/mol. The fourth-order valence-electron chi connectivity index (χ4n) is 2.11. The molecule has 1 aliphatic carbocycles. The highest BCUT2D eigenvalue weighted by atomic mass is 16.6. The van der Waals surface area contributed by atoms with E-state index in [1.54, 1.807) is 0 Å². The molecule has 1 saturated carbocycles. The van der Waals surface area contributed by atoms with Gasteiger partial charge in [0.05, 0.1) is 0 Å². The van der Waals surface area contributed by atoms with Gasteiger partial charge >= 0.3 is 6.09 Å². The molecule has 0 saturated heterocycles. The Morgan fingerprint density at radius 3 is 2.69 bits per heavy atom. The molecule has 4 nitrogen and oxygen atoms in total. The molecule has 0 spiro atoms. The Labute approximate surface area is 97.9 Å². The number of rotatable bonds is 2. The lowest BCUT2D eigenvalue weighted by Gasteiger charge is -2.30. The van der Waals surface area contributed by atoms with Gasteiger partial charge in [-0.15, -0.1) is 0 Å². The molecule has 0 aromatic rings. The van der Waals surface area contributed by atoms with Gasteiger partial charge in [-0.05, 0) is 52.5 Å². The molecule has 0 aromatic heterocycles. The zero-order valence-electron chi connectivity index (χ0n) is 10.6. The van der Waals surface area contributed by atoms with E-state index in [9.17, 15) is 4.79 Å². The fraction of sp³-hybridized carbons (Fsp3) is 0.917. The fourth-order valence-corrected chi connectivity index (χ4v) is 2.11. The second-order valence-electron chi connectivity index (χ2n) is 5.61. The zero-order chi connectivity index (χ0) is 12.2. The molecule has 3 N–H and O–H groups in total. The average Bonchev–Trinajstić information content (AvgIpc) is 2.15. The van der Waals surface area contributed by atoms with Gasteiger partial charge in [0, 0.05) is 6.04 Å². The van der Waals surface area contributed by atoms with Crippen molar-refractivity contribution in [3.05, 3.63) is 0 Å². The molecule has 1 fully saturated rings. The third-order valence-corrected chi connectivity index (χ3v) is 2.84. The Morgan fingerprint density at radius 1 is 1.44 bits per heavy atom. The van der Waals surface area contributed by atoms with Gasteiger partial charge in [-0.25, -0.2) is 4.79 Å². The van der Waals surface area contributed by atoms with E-state index in [0.29, 0.717) is 12.5 Å². The molecule has 1 amide bonds. The summed E-state index contributed by atoms with van der Waals surface area (Å²) in [6.45, 7) is 6.33. The number of ether oxygens (including phenoxy) is 1. The van der Waals surface area contributed by atoms with Gasteiger partial charge in [-0.2, -0.15) is 0 Å². The van der Waals surface area contributed by atoms with E-state index < -0.39 is 5.60 Å². The van der Waals surface area contributed by atoms with Crippen LogP contribution in [0.15, 0.2) is 0 Å². The topological polar surface area (TPSA) is 64.3 Å². The van der Waals surface area contributed by atoms with Gasteiger partial charge in [-0.1, -0.05) is 6.42 Å². The van der Waals surface area contributed by atoms with Crippen molar-refractivity contribution in [2.75, 3.05) is 6.54 Å². The predicted molar refractivity (Wildman–Crippen MR) is 64.2 cm³/mol. The summed E-state index contributed by atoms with van der Waals surface area (Å²) in [6.07, 6.45) is 4.03. The first kappa shape index (κ1) is 13.3. The van der Waals surface area contributed by atoms with Gasteiger partial charge < -0.3 is 15.8 Å². The second kappa shape index (κ2) is 5.53. The van der Waals surface area contributed by atoms with Gasteiger partial charge in [0.15, 0.2) is 0 Å². The van der Waals surface area contributed by atoms with Crippen LogP contribution < -0.4 is 11.1 Å². The molecule has 0 unspecified atom stereocenters. The van der Waals surface area contributed by atoms with E-state index in [2.05, 4.69) is 5.32 Å². The van der Waals surface area contributed by atoms with Crippen molar-refractivity contribution in [3.63, 3.8) is 0 Å². The number of carbonyl (C=O) groups is 1. The van der Waals surface area contributed by atoms with Crippen LogP contribution in [0, 0.1) is 5.92 Å². The van der Waals surface area contributed by atoms with E-state index in [1.807, 2.05) is 20.8 Å². The smallest absolute Gasteiger partial charge is 0.407 e. The highest BCUT2D eigenvalue weighted by molar-refractivity contribution is 5.68. The van der Waals surface area contributed by atoms with Gasteiger partial charge in [0.1, 0.15) is 5.60 Å². The highest BCUT2D eigenvalue weighted by Crippen LogP contribution is 2.23. The molecule has 0 bridgehead atoms. The normalized spacial score (nSPS) is 26.2. The van der Waals surface area contributed by atoms with Crippen LogP contribution in [-0.2, 0) is 4.74 Å². The number of carbonyl (C=O) groups excluding carboxylic acids is 1. The molecule has 1 rings (SSSR count). The highest BCUT2D eigenvalue weighted by Gasteiger charge is 2.24. The number of amides is 1. The maximum atomic E-state index is 11.6. The molecule has 0 aromatic carbocycles. The van der Waals surface area contributed by atoms with Crippen molar-refractivity contribution in [2.45, 2.75) is 58.1 Å². The number of hydrogen-bond acceptors (Lipinski definition) is 3. The van der Waals surface area contributed by atoms with E-state index in [0.717, 1.165) is 19.3 Å². The van der Waals surface area contributed by atoms with E-state index in [1.165, 1.54) is 6.42 Å². The largest absolute Gasteiger partial charge is 0.444 e. The molecule has 0 aliphatic heterocycles. The van der Waals surface area contributed by atoms with Gasteiger partial charge in [0.2, 0.25) is 0 Å². The lowest BCUT2D eigenvalue weighted by atomic mass is 9.86. The van der Waals surface area contributed by atoms with Crippen LogP contribution in [0.1, 0.15) is 46.5 Å². The summed E-state index contributed by atoms with van der Waals surface area (Å²) in [7, 11) is 0. The van der Waals surface area contributed by atoms with Crippen molar-refractivity contribution in [1.82, 2.24) is 5.32 Å². The molecule has 2 atom stereocenters. The van der Waals surface area contributed by atoms with Crippen molar-refractivity contribution in [3.8, 4) is 0 Å². The van der Waals surface area contributed by atoms with Crippen molar-refractivity contribution < 1.29 is 9.53 Å². The molecule has 4 heteroatoms. The summed E-state index contributed by atoms with van der Waals surface area (Å²) < 4.78 is 5.23. The lowest BCUT2D eigenvalue weighted by Crippen LogP contribution is -2.42. The van der Waals surface area contributed by atoms with Crippen LogP contribution in [0.3, 0.4) is 0 Å². The first-order valence-corrected chi connectivity index (χ1v) is 6.10. The number of hydrogen-bond donors (Lipinski definition) is 2. The van der Waals surface area contributed by atoms with Crippen LogP contribution >= 0.6 is 0 Å². The molecule has 0 radical (unpaired) electrons. The zero-order valence-corrected chi connectivity index (χ0v) is 10.6. The molecule has 0 heterocycles. The molecular formula is C12H24N2O2. The van der Waals surface area contributed by atoms with Crippen LogP contribution in [0.25, 0.3) is 0 Å². The summed E-state index contributed by atoms with van der Waals surface area (Å²) in [5, 5.41) is 2.92. The summed E-state index contributed by atoms with van der Waals surface area (Å²) in [5.41, 5.74) is 5.23. The van der Waals surface area contributed by atoms with Gasteiger partial charge in [0.25, 0.3) is 0 Å². The molecular weight excluding hydrogens is 204 g/mol. The van der Waals surface area contributed by atoms with Crippen LogP contribution in [0.4, 0.5) is 4.79 Å². The monoisotopic (exact) mass is 228 g/mol. The van der Waals surface area contributed by atoms with Crippen LogP contribution in [0.2, 0.25) is 0 Å². The predicted octanol–water partition coefficient (Wildman–Crippen LogP) is 2.03. The lowest BCUT2D eigenvalue weighted by molar-refractivity contribution is 0.0485. The minimum Gasteiger partial charge on any atom is -0.444 e. The Bertz CT molecular complexity index is 236. The Hall–Kier alpha value is -0.770. The first-order chi connectivity index (χ1) is 7.40. The Morgan fingerprint density at radius 2 is 2.12 bits per heavy atom. The molecule has 94 valence electrons. The maximum Gasteiger partial charge on any atom is 0.407 e. The van der Waals surface area contributed by atoms with Gasteiger partial charge in [-0.3, -0.25) is 0 Å². The summed E-state index contributed by atoms with van der Waals surface area (Å²) in [5.74, 6) is 0.550. The molecule has 1 aliphatic rings. The Kier molecular flexibility index (Phi) is 4.59. The van der Waals surface area contributed by atoms with Crippen molar-refractivity contribution in [1.29, 1.82) is 0 Å². The maximum absolute atomic E-state index is 11.6. The summed E-state index contributed by atoms with van der Waals surface area (Å²) in [6, 6.07) is 0.233. The SMILES string of the molecule is CC(C)(C)OC(=O)N[C@@H]1CCC[C@H](CN)C1. The number of nitrogens with two attached hydrogens (primary N) is 1. The number of nitrogens with one attached hydrogen (secondary N) is 1. The van der Waals surface area contributed by atoms with E-state index in [4.69, 9.17) is 10.5 Å². The van der Waals surface area contributed by atoms with Crippen LogP contribution in [0.5, 0.6) is 0 Å². The second-order valence-corrected chi connectivity index (χ2v) is 5.61. The number of alkyl carbamates (subject to hydrolysis) is 1. The minimum absolute atomic E-state index is 0.233. The minimum atomic E-state index is -0.425. The third kappa shape index (κ3) is 4.84. The standard InChI is InChI=1S/C12H24N2O2/c1-12(2,3)16-11(15)14-10-6-4-5-9(7-10)8-13/h9-10H,4-8,13H2,1-3H3,(H,14,15)/t9-,10+/m0/s1. The van der Waals surface area contributed by atoms with Crippen LogP contribution in [-0.4, -0.2) is 24.3 Å². The quantitative estimate of drug-likeness (QED) is 0.760. The summed E-state index contributed by atoms with van der Waals surface area (Å²) >= 11 is 0. The van der Waals surface area contributed by atoms with E-state index >= 15 is 0 Å². The van der Waals surface area contributed by atoms with Crippen molar-refractivity contribution >= 4 is 6.09 Å².